The normalized spacial score (nSPS) is 8.62. The van der Waals surface area contributed by atoms with Gasteiger partial charge in [0.2, 0.25) is 0 Å². The second-order valence-corrected chi connectivity index (χ2v) is 5.86. The van der Waals surface area contributed by atoms with Gasteiger partial charge in [-0.05, 0) is 0 Å². The molecule has 0 unspecified atom stereocenters. The molecule has 0 aromatic heterocycles. The summed E-state index contributed by atoms with van der Waals surface area (Å²) in [6.45, 7) is 0. The summed E-state index contributed by atoms with van der Waals surface area (Å²) < 4.78 is 0. The van der Waals surface area contributed by atoms with Gasteiger partial charge in [0.15, 0.2) is 0 Å². The Morgan fingerprint density at radius 1 is 1.50 bits per heavy atom. The molecular formula is HCl3FeNO3. The van der Waals surface area contributed by atoms with E-state index < -0.39 is 16.3 Å². The fourth-order valence-corrected chi connectivity index (χ4v) is 0. The van der Waals surface area contributed by atoms with Gasteiger partial charge < -0.3 is 5.21 Å². The summed E-state index contributed by atoms with van der Waals surface area (Å²) in [5.41, 5.74) is 0. The van der Waals surface area contributed by atoms with Crippen LogP contribution < -0.4 is 0 Å². The van der Waals surface area contributed by atoms with Crippen LogP contribution in [-0.2, 0) is 11.2 Å². The van der Waals surface area contributed by atoms with Gasteiger partial charge in [0.25, 0.3) is 5.09 Å². The van der Waals surface area contributed by atoms with E-state index in [9.17, 15) is 0 Å². The Bertz CT molecular complexity index is 58.8. The summed E-state index contributed by atoms with van der Waals surface area (Å²) in [6.07, 6.45) is 0. The second kappa shape index (κ2) is 7.59. The summed E-state index contributed by atoms with van der Waals surface area (Å²) in [7, 11) is 14.7. The molecule has 0 atom stereocenters. The Hall–Kier alpha value is 0.589. The quantitative estimate of drug-likeness (QED) is 0.388. The molecular weight excluding hydrogens is 224 g/mol. The average Bonchev–Trinajstić information content (AvgIpc) is 1.25. The molecule has 0 aromatic rings. The third kappa shape index (κ3) is 592. The standard InChI is InChI=1S/3ClH.Fe.HNO3/c;;;;2-1(3)4/h3*1H;;(H,2,3,4)/q;;;+3;/p-3. The fraction of sp³-hybridized carbons (Fsp3) is 0. The van der Waals surface area contributed by atoms with Crippen molar-refractivity contribution in [2.45, 2.75) is 0 Å². The van der Waals surface area contributed by atoms with Crippen molar-refractivity contribution in [3.8, 4) is 0 Å². The molecule has 0 rings (SSSR count). The van der Waals surface area contributed by atoms with E-state index >= 15 is 0 Å². The summed E-state index contributed by atoms with van der Waals surface area (Å²) in [4.78, 5) is 8.36. The molecule has 0 amide bonds. The maximum absolute atomic E-state index is 8.36. The Morgan fingerprint density at radius 3 is 1.50 bits per heavy atom. The molecule has 4 nitrogen and oxygen atoms in total. The van der Waals surface area contributed by atoms with Gasteiger partial charge in [-0.3, -0.25) is 0 Å². The van der Waals surface area contributed by atoms with E-state index in [2.05, 4.69) is 0 Å². The average molecular weight is 225 g/mol. The van der Waals surface area contributed by atoms with Gasteiger partial charge in [0.05, 0.1) is 0 Å². The third-order valence-electron chi connectivity index (χ3n) is 0. The van der Waals surface area contributed by atoms with Crippen molar-refractivity contribution in [3.05, 3.63) is 10.1 Å². The van der Waals surface area contributed by atoms with Crippen LogP contribution in [0, 0.1) is 10.1 Å². The van der Waals surface area contributed by atoms with Crippen molar-refractivity contribution >= 4 is 30.3 Å². The maximum atomic E-state index is 8.36. The van der Waals surface area contributed by atoms with E-state index in [0.29, 0.717) is 0 Å². The molecule has 0 heterocycles. The summed E-state index contributed by atoms with van der Waals surface area (Å²) >= 11 is -1.33. The van der Waals surface area contributed by atoms with Gasteiger partial charge in [-0.25, -0.2) is 0 Å². The minimum atomic E-state index is -1.50. The van der Waals surface area contributed by atoms with Gasteiger partial charge in [-0.2, -0.15) is 0 Å². The van der Waals surface area contributed by atoms with E-state index in [1.807, 2.05) is 0 Å². The first-order chi connectivity index (χ1) is 3.46. The van der Waals surface area contributed by atoms with E-state index in [-0.39, 0.29) is 0 Å². The van der Waals surface area contributed by atoms with Crippen molar-refractivity contribution in [2.75, 3.05) is 0 Å². The van der Waals surface area contributed by atoms with Crippen molar-refractivity contribution in [3.63, 3.8) is 0 Å². The number of rotatable bonds is 0. The number of hydrogen-bond acceptors (Lipinski definition) is 2. The summed E-state index contributed by atoms with van der Waals surface area (Å²) in [5.74, 6) is 0. The van der Waals surface area contributed by atoms with Crippen LogP contribution in [0.25, 0.3) is 0 Å². The monoisotopic (exact) mass is 224 g/mol. The molecule has 0 aliphatic carbocycles. The first kappa shape index (κ1) is 11.4. The zero-order chi connectivity index (χ0) is 7.15. The van der Waals surface area contributed by atoms with E-state index in [1.54, 1.807) is 0 Å². The van der Waals surface area contributed by atoms with Crippen LogP contribution in [0.15, 0.2) is 0 Å². The van der Waals surface area contributed by atoms with Crippen LogP contribution in [0.1, 0.15) is 0 Å². The van der Waals surface area contributed by atoms with Gasteiger partial charge in [-0.1, -0.05) is 0 Å². The van der Waals surface area contributed by atoms with Crippen LogP contribution in [0.5, 0.6) is 0 Å². The SMILES string of the molecule is O=[N+]([O-])O.[Cl][Fe]([Cl])[Cl]. The first-order valence-electron chi connectivity index (χ1n) is 0.966. The molecule has 0 bridgehead atoms. The first-order valence-corrected chi connectivity index (χ1v) is 5.52. The Kier molecular flexibility index (Phi) is 10.8. The molecule has 0 saturated carbocycles. The fourth-order valence-electron chi connectivity index (χ4n) is 0. The van der Waals surface area contributed by atoms with E-state index in [1.165, 1.54) is 0 Å². The molecule has 0 aliphatic heterocycles. The predicted octanol–water partition coefficient (Wildman–Crippen LogP) is 1.72. The molecule has 0 saturated heterocycles. The predicted molar refractivity (Wildman–Crippen MR) is 26.3 cm³/mol. The molecule has 1 N–H and O–H groups in total. The van der Waals surface area contributed by atoms with Gasteiger partial charge >= 0.3 is 41.5 Å². The van der Waals surface area contributed by atoms with E-state index in [4.69, 9.17) is 45.6 Å². The molecule has 0 radical (unpaired) electrons. The molecule has 8 heteroatoms. The summed E-state index contributed by atoms with van der Waals surface area (Å²) in [6, 6.07) is 0. The molecule has 0 fully saturated rings. The Labute approximate surface area is 62.0 Å². The zero-order valence-corrected chi connectivity index (χ0v) is 6.57. The number of hydrogen-bond donors (Lipinski definition) is 1. The summed E-state index contributed by atoms with van der Waals surface area (Å²) in [5, 5.41) is 13.6. The van der Waals surface area contributed by atoms with Crippen molar-refractivity contribution < 1.29 is 21.5 Å². The van der Waals surface area contributed by atoms with Crippen molar-refractivity contribution in [2.24, 2.45) is 0 Å². The van der Waals surface area contributed by atoms with Crippen LogP contribution in [0.3, 0.4) is 0 Å². The van der Waals surface area contributed by atoms with E-state index in [0.717, 1.165) is 0 Å². The van der Waals surface area contributed by atoms with Crippen LogP contribution in [0.2, 0.25) is 0 Å². The molecule has 0 aromatic carbocycles. The second-order valence-electron chi connectivity index (χ2n) is 0.389. The van der Waals surface area contributed by atoms with Gasteiger partial charge in [0.1, 0.15) is 0 Å². The molecule has 0 aliphatic rings. The van der Waals surface area contributed by atoms with Crippen molar-refractivity contribution in [1.82, 2.24) is 0 Å². The topological polar surface area (TPSA) is 63.4 Å². The minimum absolute atomic E-state index is 1.33. The molecule has 0 spiro atoms. The zero-order valence-electron chi connectivity index (χ0n) is 3.20. The molecule has 53 valence electrons. The van der Waals surface area contributed by atoms with Crippen LogP contribution in [-0.4, -0.2) is 10.3 Å². The Morgan fingerprint density at radius 2 is 1.50 bits per heavy atom. The number of halogens is 3. The van der Waals surface area contributed by atoms with Crippen molar-refractivity contribution in [1.29, 1.82) is 0 Å². The van der Waals surface area contributed by atoms with Crippen LogP contribution >= 0.6 is 30.3 Å². The third-order valence-corrected chi connectivity index (χ3v) is 0. The van der Waals surface area contributed by atoms with Gasteiger partial charge in [-0.15, -0.1) is 10.1 Å². The molecule has 8 heavy (non-hydrogen) atoms. The van der Waals surface area contributed by atoms with Gasteiger partial charge in [0, 0.05) is 0 Å². The Balaban J connectivity index is 0. The van der Waals surface area contributed by atoms with Crippen LogP contribution in [0.4, 0.5) is 0 Å². The number of nitrogens with zero attached hydrogens (tertiary/aromatic N) is 1.